The topological polar surface area (TPSA) is 133 Å². The molecule has 2 heterocycles. The highest BCUT2D eigenvalue weighted by molar-refractivity contribution is 6.36. The molecule has 0 aliphatic carbocycles. The highest BCUT2D eigenvalue weighted by Crippen LogP contribution is 2.29. The number of para-hydroxylation sites is 1. The van der Waals surface area contributed by atoms with E-state index >= 15 is 0 Å². The molecule has 2 aromatic heterocycles. The van der Waals surface area contributed by atoms with Gasteiger partial charge in [-0.1, -0.05) is 18.2 Å². The molecule has 33 heavy (non-hydrogen) atoms. The quantitative estimate of drug-likeness (QED) is 0.158. The van der Waals surface area contributed by atoms with Crippen LogP contribution in [-0.2, 0) is 0 Å². The van der Waals surface area contributed by atoms with Crippen LogP contribution in [0.25, 0.3) is 16.9 Å². The number of rotatable bonds is 8. The molecule has 0 fully saturated rings. The minimum Gasteiger partial charge on any atom is -0.507 e. The fourth-order valence-corrected chi connectivity index (χ4v) is 3.21. The Morgan fingerprint density at radius 1 is 1.12 bits per heavy atom. The molecule has 0 saturated carbocycles. The van der Waals surface area contributed by atoms with Crippen LogP contribution in [0.3, 0.4) is 0 Å². The molecule has 4 aromatic rings. The number of phenols is 1. The van der Waals surface area contributed by atoms with Crippen molar-refractivity contribution in [3.63, 3.8) is 0 Å². The molecule has 0 bridgehead atoms. The first kappa shape index (κ1) is 22.0. The normalized spacial score (nSPS) is 10.7. The lowest BCUT2D eigenvalue weighted by Crippen LogP contribution is -2.32. The highest BCUT2D eigenvalue weighted by Gasteiger charge is 2.12. The van der Waals surface area contributed by atoms with Crippen molar-refractivity contribution in [3.8, 4) is 22.8 Å². The third kappa shape index (κ3) is 5.16. The lowest BCUT2D eigenvalue weighted by molar-refractivity contribution is 0.0986. The van der Waals surface area contributed by atoms with Gasteiger partial charge in [0.1, 0.15) is 25.2 Å². The number of phenolic OH excluding ortho intramolecular Hbond substituents is 1. The molecule has 0 spiro atoms. The van der Waals surface area contributed by atoms with Crippen LogP contribution in [-0.4, -0.2) is 58.6 Å². The number of hydrogen-bond donors (Lipinski definition) is 5. The standard InChI is InChI=1S/C22H21BN6O4/c23-17-12-26-29-20(11-18(28-21(17)29)16-6-1-2-7-19(16)31)24-8-9-25-22(32)27-14-4-3-5-15(10-14)33-13-30/h1-7,10-12,24,30-31H,8-9,13H2,(H2,25,27,32). The maximum Gasteiger partial charge on any atom is 0.319 e. The summed E-state index contributed by atoms with van der Waals surface area (Å²) in [6.07, 6.45) is 1.50. The summed E-state index contributed by atoms with van der Waals surface area (Å²) in [5, 5.41) is 31.9. The monoisotopic (exact) mass is 444 g/mol. The first-order valence-corrected chi connectivity index (χ1v) is 10.1. The predicted octanol–water partition coefficient (Wildman–Crippen LogP) is 1.46. The number of hydrogen-bond acceptors (Lipinski definition) is 7. The third-order valence-corrected chi connectivity index (χ3v) is 4.72. The number of anilines is 2. The first-order chi connectivity index (χ1) is 16.0. The van der Waals surface area contributed by atoms with Crippen molar-refractivity contribution in [1.29, 1.82) is 0 Å². The van der Waals surface area contributed by atoms with Gasteiger partial charge in [-0.2, -0.15) is 9.61 Å². The number of nitrogens with one attached hydrogen (secondary N) is 3. The van der Waals surface area contributed by atoms with Crippen LogP contribution >= 0.6 is 0 Å². The Labute approximate surface area is 190 Å². The third-order valence-electron chi connectivity index (χ3n) is 4.72. The van der Waals surface area contributed by atoms with Crippen molar-refractivity contribution < 1.29 is 19.7 Å². The fourth-order valence-electron chi connectivity index (χ4n) is 3.21. The fraction of sp³-hybridized carbons (Fsp3) is 0.136. The van der Waals surface area contributed by atoms with E-state index in [0.29, 0.717) is 52.7 Å². The summed E-state index contributed by atoms with van der Waals surface area (Å²) in [5.74, 6) is 1.15. The van der Waals surface area contributed by atoms with E-state index in [-0.39, 0.29) is 5.75 Å². The summed E-state index contributed by atoms with van der Waals surface area (Å²) >= 11 is 0. The van der Waals surface area contributed by atoms with Gasteiger partial charge in [-0.15, -0.1) is 0 Å². The van der Waals surface area contributed by atoms with Crippen molar-refractivity contribution in [2.45, 2.75) is 0 Å². The number of aromatic hydroxyl groups is 1. The minimum atomic E-state index is -0.447. The van der Waals surface area contributed by atoms with E-state index in [1.165, 1.54) is 6.20 Å². The average Bonchev–Trinajstić information content (AvgIpc) is 3.18. The second-order valence-electron chi connectivity index (χ2n) is 6.99. The van der Waals surface area contributed by atoms with E-state index in [1.807, 2.05) is 6.07 Å². The lowest BCUT2D eigenvalue weighted by Gasteiger charge is -2.13. The molecule has 2 aromatic carbocycles. The van der Waals surface area contributed by atoms with Gasteiger partial charge in [-0.05, 0) is 29.7 Å². The number of urea groups is 1. The molecule has 0 atom stereocenters. The number of fused-ring (bicyclic) bond motifs is 1. The molecule has 0 unspecified atom stereocenters. The summed E-state index contributed by atoms with van der Waals surface area (Å²) in [6.45, 7) is 0.252. The summed E-state index contributed by atoms with van der Waals surface area (Å²) in [5.41, 5.74) is 2.48. The van der Waals surface area contributed by atoms with E-state index in [1.54, 1.807) is 53.0 Å². The summed E-state index contributed by atoms with van der Waals surface area (Å²) in [6, 6.07) is 14.9. The van der Waals surface area contributed by atoms with Crippen LogP contribution in [0.1, 0.15) is 0 Å². The number of aliphatic hydroxyl groups is 1. The molecule has 0 aliphatic rings. The number of carbonyl (C=O) groups is 1. The zero-order valence-electron chi connectivity index (χ0n) is 17.5. The van der Waals surface area contributed by atoms with Crippen molar-refractivity contribution in [1.82, 2.24) is 19.9 Å². The second kappa shape index (κ2) is 9.92. The van der Waals surface area contributed by atoms with Gasteiger partial charge in [-0.25, -0.2) is 9.78 Å². The number of benzene rings is 2. The predicted molar refractivity (Wildman–Crippen MR) is 125 cm³/mol. The summed E-state index contributed by atoms with van der Waals surface area (Å²) in [7, 11) is 6.00. The molecule has 2 radical (unpaired) electrons. The van der Waals surface area contributed by atoms with Gasteiger partial charge in [0.15, 0.2) is 12.4 Å². The van der Waals surface area contributed by atoms with Crippen LogP contribution < -0.4 is 26.2 Å². The average molecular weight is 444 g/mol. The van der Waals surface area contributed by atoms with Gasteiger partial charge in [0, 0.05) is 42.7 Å². The van der Waals surface area contributed by atoms with E-state index < -0.39 is 12.8 Å². The number of carbonyl (C=O) groups excluding carboxylic acids is 1. The zero-order valence-corrected chi connectivity index (χ0v) is 17.5. The smallest absolute Gasteiger partial charge is 0.319 e. The number of aliphatic hydroxyl groups excluding tert-OH is 1. The van der Waals surface area contributed by atoms with Crippen molar-refractivity contribution >= 4 is 36.5 Å². The summed E-state index contributed by atoms with van der Waals surface area (Å²) < 4.78 is 6.56. The number of ether oxygens (including phenoxy) is 1. The number of aromatic nitrogens is 3. The molecule has 2 amide bonds. The Hall–Kier alpha value is -4.25. The van der Waals surface area contributed by atoms with Gasteiger partial charge < -0.3 is 30.9 Å². The lowest BCUT2D eigenvalue weighted by atomic mass is 10.0. The van der Waals surface area contributed by atoms with Gasteiger partial charge in [-0.3, -0.25) is 0 Å². The summed E-state index contributed by atoms with van der Waals surface area (Å²) in [4.78, 5) is 16.7. The van der Waals surface area contributed by atoms with Crippen LogP contribution in [0, 0.1) is 0 Å². The minimum absolute atomic E-state index is 0.102. The molecular formula is C22H21BN6O4. The van der Waals surface area contributed by atoms with Gasteiger partial charge >= 0.3 is 6.03 Å². The molecular weight excluding hydrogens is 423 g/mol. The van der Waals surface area contributed by atoms with Crippen molar-refractivity contribution in [2.75, 3.05) is 30.5 Å². The Kier molecular flexibility index (Phi) is 6.60. The maximum atomic E-state index is 12.2. The first-order valence-electron chi connectivity index (χ1n) is 10.1. The molecule has 166 valence electrons. The van der Waals surface area contributed by atoms with Crippen molar-refractivity contribution in [2.24, 2.45) is 0 Å². The number of amides is 2. The van der Waals surface area contributed by atoms with Crippen LogP contribution in [0.4, 0.5) is 16.3 Å². The molecule has 0 aliphatic heterocycles. The zero-order chi connectivity index (χ0) is 23.2. The highest BCUT2D eigenvalue weighted by atomic mass is 16.6. The van der Waals surface area contributed by atoms with E-state index in [0.717, 1.165) is 0 Å². The van der Waals surface area contributed by atoms with Gasteiger partial charge in [0.25, 0.3) is 0 Å². The van der Waals surface area contributed by atoms with Crippen LogP contribution in [0.5, 0.6) is 11.5 Å². The Bertz CT molecular complexity index is 1280. The molecule has 4 rings (SSSR count). The van der Waals surface area contributed by atoms with Gasteiger partial charge in [0.05, 0.1) is 5.69 Å². The second-order valence-corrected chi connectivity index (χ2v) is 6.99. The molecule has 10 nitrogen and oxygen atoms in total. The van der Waals surface area contributed by atoms with Crippen molar-refractivity contribution in [3.05, 3.63) is 60.8 Å². The maximum absolute atomic E-state index is 12.2. The molecule has 0 saturated heterocycles. The SMILES string of the molecule is [B]c1cnn2c(NCCNC(=O)Nc3cccc(OCO)c3)cc(-c3ccccc3O)nc12. The Balaban J connectivity index is 1.41. The Morgan fingerprint density at radius 2 is 1.97 bits per heavy atom. The molecule has 5 N–H and O–H groups in total. The van der Waals surface area contributed by atoms with Crippen LogP contribution in [0.2, 0.25) is 0 Å². The van der Waals surface area contributed by atoms with E-state index in [9.17, 15) is 9.90 Å². The van der Waals surface area contributed by atoms with E-state index in [4.69, 9.17) is 17.7 Å². The van der Waals surface area contributed by atoms with Gasteiger partial charge in [0.2, 0.25) is 0 Å². The largest absolute Gasteiger partial charge is 0.507 e. The van der Waals surface area contributed by atoms with Crippen LogP contribution in [0.15, 0.2) is 60.8 Å². The number of nitrogens with zero attached hydrogens (tertiary/aromatic N) is 3. The molecule has 11 heteroatoms. The Morgan fingerprint density at radius 3 is 2.79 bits per heavy atom. The van der Waals surface area contributed by atoms with E-state index in [2.05, 4.69) is 26.0 Å².